The lowest BCUT2D eigenvalue weighted by Gasteiger charge is -2.10. The fourth-order valence-corrected chi connectivity index (χ4v) is 3.12. The fourth-order valence-electron chi connectivity index (χ4n) is 2.14. The van der Waals surface area contributed by atoms with Gasteiger partial charge in [0.1, 0.15) is 5.25 Å². The second kappa shape index (κ2) is 8.56. The maximum absolute atomic E-state index is 11.8. The van der Waals surface area contributed by atoms with E-state index in [1.165, 1.54) is 17.3 Å². The van der Waals surface area contributed by atoms with Crippen LogP contribution in [0, 0.1) is 18.3 Å². The molecule has 0 bridgehead atoms. The second-order valence-electron chi connectivity index (χ2n) is 5.23. The predicted octanol–water partition coefficient (Wildman–Crippen LogP) is 2.14. The van der Waals surface area contributed by atoms with Crippen molar-refractivity contribution in [3.05, 3.63) is 45.9 Å². The molecule has 2 aromatic rings. The highest BCUT2D eigenvalue weighted by Gasteiger charge is 2.16. The van der Waals surface area contributed by atoms with Gasteiger partial charge in [0.15, 0.2) is 5.16 Å². The molecule has 0 aliphatic rings. The summed E-state index contributed by atoms with van der Waals surface area (Å²) in [6.07, 6.45) is 1.33. The van der Waals surface area contributed by atoms with Gasteiger partial charge in [0.25, 0.3) is 0 Å². The number of nitrogens with one attached hydrogen (secondary N) is 1. The maximum atomic E-state index is 11.8. The third kappa shape index (κ3) is 4.98. The van der Waals surface area contributed by atoms with E-state index in [0.29, 0.717) is 24.7 Å². The molecule has 0 aliphatic carbocycles. The summed E-state index contributed by atoms with van der Waals surface area (Å²) in [4.78, 5) is 11.8. The van der Waals surface area contributed by atoms with Crippen molar-refractivity contribution in [2.24, 2.45) is 0 Å². The maximum Gasteiger partial charge on any atom is 0.343 e. The Kier molecular flexibility index (Phi) is 6.44. The van der Waals surface area contributed by atoms with Crippen LogP contribution in [0.25, 0.3) is 0 Å². The molecular formula is C16H20N4O2S. The monoisotopic (exact) mass is 332 g/mol. The Hall–Kier alpha value is -2.04. The van der Waals surface area contributed by atoms with E-state index in [1.54, 1.807) is 11.7 Å². The minimum atomic E-state index is -0.297. The van der Waals surface area contributed by atoms with Crippen molar-refractivity contribution < 1.29 is 4.74 Å². The normalized spacial score (nSPS) is 12.0. The molecule has 2 rings (SSSR count). The van der Waals surface area contributed by atoms with Crippen LogP contribution >= 0.6 is 11.8 Å². The van der Waals surface area contributed by atoms with E-state index in [9.17, 15) is 10.1 Å². The van der Waals surface area contributed by atoms with E-state index < -0.39 is 0 Å². The molecule has 0 amide bonds. The molecule has 1 heterocycles. The molecule has 0 saturated carbocycles. The van der Waals surface area contributed by atoms with Crippen LogP contribution in [0.1, 0.15) is 17.5 Å². The lowest BCUT2D eigenvalue weighted by Crippen LogP contribution is -2.19. The molecular weight excluding hydrogens is 312 g/mol. The minimum absolute atomic E-state index is 0.254. The van der Waals surface area contributed by atoms with E-state index >= 15 is 0 Å². The molecule has 7 heteroatoms. The summed E-state index contributed by atoms with van der Waals surface area (Å²) in [6, 6.07) is 10.4. The fraction of sp³-hybridized carbons (Fsp3) is 0.438. The number of hydrogen-bond acceptors (Lipinski definition) is 5. The first-order valence-electron chi connectivity index (χ1n) is 7.40. The number of nitriles is 1. The van der Waals surface area contributed by atoms with E-state index in [2.05, 4.69) is 16.3 Å². The van der Waals surface area contributed by atoms with E-state index in [-0.39, 0.29) is 10.9 Å². The van der Waals surface area contributed by atoms with Gasteiger partial charge >= 0.3 is 5.69 Å². The summed E-state index contributed by atoms with van der Waals surface area (Å²) in [5.74, 6) is 0. The van der Waals surface area contributed by atoms with Crippen LogP contribution in [-0.2, 0) is 17.7 Å². The Morgan fingerprint density at radius 2 is 2.17 bits per heavy atom. The zero-order valence-corrected chi connectivity index (χ0v) is 14.1. The first-order chi connectivity index (χ1) is 11.1. The van der Waals surface area contributed by atoms with Crippen molar-refractivity contribution in [2.75, 3.05) is 13.7 Å². The zero-order valence-electron chi connectivity index (χ0n) is 13.3. The van der Waals surface area contributed by atoms with Gasteiger partial charge in [0.2, 0.25) is 0 Å². The van der Waals surface area contributed by atoms with Crippen LogP contribution in [0.2, 0.25) is 0 Å². The number of rotatable bonds is 8. The summed E-state index contributed by atoms with van der Waals surface area (Å²) in [5.41, 5.74) is 2.03. The third-order valence-corrected chi connectivity index (χ3v) is 4.47. The largest absolute Gasteiger partial charge is 0.385 e. The number of nitrogens with zero attached hydrogens (tertiary/aromatic N) is 3. The summed E-state index contributed by atoms with van der Waals surface area (Å²) in [7, 11) is 1.63. The minimum Gasteiger partial charge on any atom is -0.385 e. The molecule has 0 saturated heterocycles. The molecule has 0 spiro atoms. The number of ether oxygens (including phenoxy) is 1. The third-order valence-electron chi connectivity index (χ3n) is 3.39. The number of aromatic nitrogens is 3. The Balaban J connectivity index is 2.05. The van der Waals surface area contributed by atoms with Crippen molar-refractivity contribution in [1.29, 1.82) is 5.26 Å². The van der Waals surface area contributed by atoms with Gasteiger partial charge in [-0.05, 0) is 25.3 Å². The highest BCUT2D eigenvalue weighted by molar-refractivity contribution is 8.00. The topological polar surface area (TPSA) is 83.7 Å². The molecule has 1 aromatic carbocycles. The molecule has 23 heavy (non-hydrogen) atoms. The van der Waals surface area contributed by atoms with Gasteiger partial charge in [-0.3, -0.25) is 4.57 Å². The molecule has 0 aliphatic heterocycles. The standard InChI is InChI=1S/C16H20N4O2S/c1-12-4-6-13(7-5-12)10-14(11-17)23-16-19-18-15(21)20(16)8-3-9-22-2/h4-7,14H,3,8-10H2,1-2H3,(H,18,21). The Labute approximate surface area is 139 Å². The molecule has 1 atom stereocenters. The zero-order chi connectivity index (χ0) is 16.7. The molecule has 1 unspecified atom stereocenters. The molecule has 122 valence electrons. The van der Waals surface area contributed by atoms with Gasteiger partial charge in [0, 0.05) is 20.3 Å². The number of H-pyrrole nitrogens is 1. The summed E-state index contributed by atoms with van der Waals surface area (Å²) in [6.45, 7) is 3.13. The number of aryl methyl sites for hydroxylation is 1. The lowest BCUT2D eigenvalue weighted by molar-refractivity contribution is 0.189. The van der Waals surface area contributed by atoms with Crippen molar-refractivity contribution in [3.8, 4) is 6.07 Å². The van der Waals surface area contributed by atoms with Crippen molar-refractivity contribution in [1.82, 2.24) is 14.8 Å². The Bertz CT molecular complexity index is 715. The first kappa shape index (κ1) is 17.3. The average Bonchev–Trinajstić information content (AvgIpc) is 2.89. The van der Waals surface area contributed by atoms with Crippen LogP contribution in [0.3, 0.4) is 0 Å². The van der Waals surface area contributed by atoms with Gasteiger partial charge in [-0.25, -0.2) is 9.89 Å². The summed E-state index contributed by atoms with van der Waals surface area (Å²) in [5, 5.41) is 16.1. The number of methoxy groups -OCH3 is 1. The number of hydrogen-bond donors (Lipinski definition) is 1. The SMILES string of the molecule is COCCCn1c(SC(C#N)Cc2ccc(C)cc2)n[nH]c1=O. The van der Waals surface area contributed by atoms with Gasteiger partial charge in [-0.2, -0.15) is 5.26 Å². The van der Waals surface area contributed by atoms with Crippen molar-refractivity contribution >= 4 is 11.8 Å². The van der Waals surface area contributed by atoms with E-state index in [4.69, 9.17) is 4.74 Å². The summed E-state index contributed by atoms with van der Waals surface area (Å²) < 4.78 is 6.56. The van der Waals surface area contributed by atoms with E-state index in [0.717, 1.165) is 12.0 Å². The predicted molar refractivity (Wildman–Crippen MR) is 89.5 cm³/mol. The molecule has 1 aromatic heterocycles. The lowest BCUT2D eigenvalue weighted by atomic mass is 10.1. The Morgan fingerprint density at radius 1 is 1.43 bits per heavy atom. The first-order valence-corrected chi connectivity index (χ1v) is 8.28. The number of benzene rings is 1. The van der Waals surface area contributed by atoms with Gasteiger partial charge in [-0.15, -0.1) is 5.10 Å². The van der Waals surface area contributed by atoms with Crippen molar-refractivity contribution in [2.45, 2.75) is 36.7 Å². The van der Waals surface area contributed by atoms with E-state index in [1.807, 2.05) is 31.2 Å². The smallest absolute Gasteiger partial charge is 0.343 e. The van der Waals surface area contributed by atoms with Crippen LogP contribution in [-0.4, -0.2) is 33.7 Å². The van der Waals surface area contributed by atoms with Crippen LogP contribution in [0.4, 0.5) is 0 Å². The number of thioether (sulfide) groups is 1. The van der Waals surface area contributed by atoms with Crippen LogP contribution < -0.4 is 5.69 Å². The van der Waals surface area contributed by atoms with Gasteiger partial charge in [-0.1, -0.05) is 41.6 Å². The van der Waals surface area contributed by atoms with Gasteiger partial charge < -0.3 is 4.74 Å². The van der Waals surface area contributed by atoms with Gasteiger partial charge in [0.05, 0.1) is 6.07 Å². The molecule has 0 fully saturated rings. The summed E-state index contributed by atoms with van der Waals surface area (Å²) >= 11 is 1.31. The van der Waals surface area contributed by atoms with Crippen LogP contribution in [0.5, 0.6) is 0 Å². The van der Waals surface area contributed by atoms with Crippen LogP contribution in [0.15, 0.2) is 34.2 Å². The molecule has 6 nitrogen and oxygen atoms in total. The highest BCUT2D eigenvalue weighted by atomic mass is 32.2. The molecule has 0 radical (unpaired) electrons. The number of aromatic amines is 1. The van der Waals surface area contributed by atoms with Crippen molar-refractivity contribution in [3.63, 3.8) is 0 Å². The average molecular weight is 332 g/mol. The second-order valence-corrected chi connectivity index (χ2v) is 6.40. The Morgan fingerprint density at radius 3 is 2.83 bits per heavy atom. The highest BCUT2D eigenvalue weighted by Crippen LogP contribution is 2.23. The quantitative estimate of drug-likeness (QED) is 0.591. The molecule has 1 N–H and O–H groups in total.